The van der Waals surface area contributed by atoms with Crippen molar-refractivity contribution in [2.45, 2.75) is 116 Å². The number of nitrogens with zero attached hydrogens (tertiary/aromatic N) is 1. The highest BCUT2D eigenvalue weighted by atomic mass is 16.6. The molecule has 0 radical (unpaired) electrons. The van der Waals surface area contributed by atoms with Crippen LogP contribution in [0.3, 0.4) is 0 Å². The third kappa shape index (κ3) is 14.9. The Morgan fingerprint density at radius 3 is 2.26 bits per heavy atom. The van der Waals surface area contributed by atoms with E-state index in [1.807, 2.05) is 31.2 Å². The molecule has 3 amide bonds. The zero-order chi connectivity index (χ0) is 35.2. The lowest BCUT2D eigenvalue weighted by Crippen LogP contribution is -2.54. The Kier molecular flexibility index (Phi) is 15.2. The van der Waals surface area contributed by atoms with E-state index in [4.69, 9.17) is 19.9 Å². The van der Waals surface area contributed by atoms with E-state index in [1.165, 1.54) is 0 Å². The summed E-state index contributed by atoms with van der Waals surface area (Å²) in [7, 11) is 1.62. The predicted octanol–water partition coefficient (Wildman–Crippen LogP) is 4.18. The standard InChI is InChI=1S/C34H54N6O7/c1-22(38-26-20-24(45-8)19-23-14-12-18-37-29(23)26)13-11-17-36-28(41)21-27(31(43)46-33(2,3)4)39-30(42)25(15-9-10-16-35)40-32(44)47-34(5,6)7/h12,14,18-20,22,25,27,38H,9-11,13,15-17,21,35H2,1-8H3,(H,36,41)(H,39,42)(H,40,44)/t22?,25-,27+/m0/s1. The molecule has 0 fully saturated rings. The largest absolute Gasteiger partial charge is 0.497 e. The van der Waals surface area contributed by atoms with Crippen molar-refractivity contribution in [2.75, 3.05) is 25.5 Å². The number of nitrogens with two attached hydrogens (primary N) is 1. The second-order valence-corrected chi connectivity index (χ2v) is 13.6. The van der Waals surface area contributed by atoms with E-state index in [9.17, 15) is 19.2 Å². The number of ether oxygens (including phenoxy) is 3. The summed E-state index contributed by atoms with van der Waals surface area (Å²) >= 11 is 0. The maximum Gasteiger partial charge on any atom is 0.408 e. The Balaban J connectivity index is 2.01. The SMILES string of the molecule is COc1cc(NC(C)CCCNC(=O)C[C@@H](NC(=O)[C@H](CCCCN)NC(=O)OC(C)(C)C)C(=O)OC(C)(C)C)c2ncccc2c1. The Hall–Kier alpha value is -4.13. The van der Waals surface area contributed by atoms with Gasteiger partial charge in [-0.2, -0.15) is 0 Å². The molecule has 1 heterocycles. The highest BCUT2D eigenvalue weighted by Crippen LogP contribution is 2.28. The van der Waals surface area contributed by atoms with Crippen molar-refractivity contribution >= 4 is 40.5 Å². The predicted molar refractivity (Wildman–Crippen MR) is 182 cm³/mol. The number of alkyl carbamates (subject to hydrolysis) is 1. The van der Waals surface area contributed by atoms with Crippen LogP contribution in [0.25, 0.3) is 10.9 Å². The topological polar surface area (TPSA) is 183 Å². The fourth-order valence-electron chi connectivity index (χ4n) is 4.67. The first-order chi connectivity index (χ1) is 22.0. The number of carbonyl (C=O) groups is 4. The molecule has 0 bridgehead atoms. The lowest BCUT2D eigenvalue weighted by Gasteiger charge is -2.27. The van der Waals surface area contributed by atoms with Crippen molar-refractivity contribution in [3.05, 3.63) is 30.5 Å². The number of amides is 3. The number of esters is 1. The lowest BCUT2D eigenvalue weighted by molar-refractivity contribution is -0.159. The van der Waals surface area contributed by atoms with Crippen molar-refractivity contribution in [1.29, 1.82) is 0 Å². The van der Waals surface area contributed by atoms with Crippen LogP contribution in [-0.4, -0.2) is 78.4 Å². The van der Waals surface area contributed by atoms with Crippen LogP contribution in [0.1, 0.15) is 87.0 Å². The van der Waals surface area contributed by atoms with Crippen LogP contribution >= 0.6 is 0 Å². The summed E-state index contributed by atoms with van der Waals surface area (Å²) in [5, 5.41) is 12.5. The van der Waals surface area contributed by atoms with Gasteiger partial charge in [0.1, 0.15) is 29.0 Å². The van der Waals surface area contributed by atoms with E-state index in [2.05, 4.69) is 26.3 Å². The molecule has 0 aliphatic rings. The van der Waals surface area contributed by atoms with Crippen molar-refractivity contribution in [1.82, 2.24) is 20.9 Å². The Bertz CT molecular complexity index is 1340. The van der Waals surface area contributed by atoms with Crippen LogP contribution in [0.5, 0.6) is 5.75 Å². The van der Waals surface area contributed by atoms with E-state index in [0.717, 1.165) is 28.8 Å². The third-order valence-electron chi connectivity index (χ3n) is 6.80. The second-order valence-electron chi connectivity index (χ2n) is 13.6. The van der Waals surface area contributed by atoms with E-state index < -0.39 is 47.2 Å². The molecule has 0 aliphatic carbocycles. The number of methoxy groups -OCH3 is 1. The number of benzene rings is 1. The van der Waals surface area contributed by atoms with Crippen LogP contribution in [-0.2, 0) is 23.9 Å². The molecule has 0 aliphatic heterocycles. The van der Waals surface area contributed by atoms with E-state index in [1.54, 1.807) is 54.8 Å². The van der Waals surface area contributed by atoms with E-state index >= 15 is 0 Å². The van der Waals surface area contributed by atoms with Gasteiger partial charge in [0.2, 0.25) is 11.8 Å². The fraction of sp³-hybridized carbons (Fsp3) is 0.618. The summed E-state index contributed by atoms with van der Waals surface area (Å²) < 4.78 is 16.3. The summed E-state index contributed by atoms with van der Waals surface area (Å²) in [4.78, 5) is 56.3. The molecule has 1 aromatic carbocycles. The molecule has 0 saturated heterocycles. The molecule has 2 rings (SSSR count). The smallest absolute Gasteiger partial charge is 0.408 e. The number of anilines is 1. The van der Waals surface area contributed by atoms with Gasteiger partial charge in [0, 0.05) is 30.2 Å². The summed E-state index contributed by atoms with van der Waals surface area (Å²) in [6.45, 7) is 13.1. The van der Waals surface area contributed by atoms with Gasteiger partial charge in [-0.1, -0.05) is 6.07 Å². The average molecular weight is 659 g/mol. The van der Waals surface area contributed by atoms with Gasteiger partial charge < -0.3 is 41.2 Å². The summed E-state index contributed by atoms with van der Waals surface area (Å²) in [5.74, 6) is -1.09. The quantitative estimate of drug-likeness (QED) is 0.122. The van der Waals surface area contributed by atoms with Crippen molar-refractivity contribution in [3.8, 4) is 5.75 Å². The molecule has 3 atom stereocenters. The number of hydrogen-bond acceptors (Lipinski definition) is 10. The van der Waals surface area contributed by atoms with Gasteiger partial charge in [-0.25, -0.2) is 9.59 Å². The number of nitrogens with one attached hydrogen (secondary N) is 4. The Morgan fingerprint density at radius 2 is 1.62 bits per heavy atom. The van der Waals surface area contributed by atoms with Gasteiger partial charge in [0.25, 0.3) is 0 Å². The molecule has 1 aromatic heterocycles. The first kappa shape index (κ1) is 39.1. The normalized spacial score (nSPS) is 13.6. The van der Waals surface area contributed by atoms with Gasteiger partial charge in [0.05, 0.1) is 24.7 Å². The highest BCUT2D eigenvalue weighted by Gasteiger charge is 2.32. The lowest BCUT2D eigenvalue weighted by atomic mass is 10.1. The molecule has 1 unspecified atom stereocenters. The molecule has 6 N–H and O–H groups in total. The number of carbonyl (C=O) groups excluding carboxylic acids is 4. The van der Waals surface area contributed by atoms with Crippen molar-refractivity contribution < 1.29 is 33.4 Å². The Morgan fingerprint density at radius 1 is 0.915 bits per heavy atom. The van der Waals surface area contributed by atoms with Crippen LogP contribution in [0.15, 0.2) is 30.5 Å². The minimum absolute atomic E-state index is 0.0618. The fourth-order valence-corrected chi connectivity index (χ4v) is 4.67. The number of unbranched alkanes of at least 4 members (excludes halogenated alkanes) is 1. The van der Waals surface area contributed by atoms with Gasteiger partial charge in [0.15, 0.2) is 0 Å². The van der Waals surface area contributed by atoms with Gasteiger partial charge in [-0.05, 0) is 99.2 Å². The third-order valence-corrected chi connectivity index (χ3v) is 6.80. The number of aromatic nitrogens is 1. The maximum absolute atomic E-state index is 13.3. The van der Waals surface area contributed by atoms with Crippen LogP contribution in [0, 0.1) is 0 Å². The second kappa shape index (κ2) is 18.3. The van der Waals surface area contributed by atoms with Crippen LogP contribution in [0.4, 0.5) is 10.5 Å². The highest BCUT2D eigenvalue weighted by molar-refractivity contribution is 5.93. The molecule has 0 spiro atoms. The Labute approximate surface area is 278 Å². The van der Waals surface area contributed by atoms with Crippen LogP contribution in [0.2, 0.25) is 0 Å². The van der Waals surface area contributed by atoms with E-state index in [-0.39, 0.29) is 18.9 Å². The number of fused-ring (bicyclic) bond motifs is 1. The number of rotatable bonds is 17. The molecule has 0 saturated carbocycles. The zero-order valence-corrected chi connectivity index (χ0v) is 29.2. The molecular formula is C34H54N6O7. The van der Waals surface area contributed by atoms with Gasteiger partial charge in [-0.3, -0.25) is 14.6 Å². The maximum atomic E-state index is 13.3. The molecule has 13 nitrogen and oxygen atoms in total. The average Bonchev–Trinajstić information content (AvgIpc) is 2.96. The molecule has 262 valence electrons. The van der Waals surface area contributed by atoms with Crippen LogP contribution < -0.4 is 31.7 Å². The van der Waals surface area contributed by atoms with Gasteiger partial charge in [-0.15, -0.1) is 0 Å². The van der Waals surface area contributed by atoms with E-state index in [0.29, 0.717) is 32.4 Å². The van der Waals surface area contributed by atoms with Crippen molar-refractivity contribution in [2.24, 2.45) is 5.73 Å². The van der Waals surface area contributed by atoms with Gasteiger partial charge >= 0.3 is 12.1 Å². The first-order valence-electron chi connectivity index (χ1n) is 16.2. The first-order valence-corrected chi connectivity index (χ1v) is 16.2. The minimum Gasteiger partial charge on any atom is -0.497 e. The zero-order valence-electron chi connectivity index (χ0n) is 29.2. The monoisotopic (exact) mass is 658 g/mol. The molecule has 47 heavy (non-hydrogen) atoms. The molecule has 2 aromatic rings. The summed E-state index contributed by atoms with van der Waals surface area (Å²) in [5.41, 5.74) is 5.69. The number of pyridine rings is 1. The molecule has 13 heteroatoms. The van der Waals surface area contributed by atoms with Crippen molar-refractivity contribution in [3.63, 3.8) is 0 Å². The molecular weight excluding hydrogens is 604 g/mol. The number of hydrogen-bond donors (Lipinski definition) is 5. The minimum atomic E-state index is -1.27. The summed E-state index contributed by atoms with van der Waals surface area (Å²) in [6.07, 6.45) is 3.49. The summed E-state index contributed by atoms with van der Waals surface area (Å²) in [6, 6.07) is 5.47.